The number of carbonyl (C=O) groups is 2. The van der Waals surface area contributed by atoms with E-state index in [1.165, 1.54) is 24.3 Å². The molecule has 3 nitrogen and oxygen atoms in total. The molecule has 0 aliphatic carbocycles. The summed E-state index contributed by atoms with van der Waals surface area (Å²) >= 11 is 0. The van der Waals surface area contributed by atoms with E-state index in [-0.39, 0.29) is 12.2 Å². The molecule has 0 saturated heterocycles. The van der Waals surface area contributed by atoms with Crippen molar-refractivity contribution in [2.45, 2.75) is 6.92 Å². The smallest absolute Gasteiger partial charge is 0.330 e. The first kappa shape index (κ1) is 12.1. The van der Waals surface area contributed by atoms with Crippen molar-refractivity contribution >= 4 is 18.3 Å². The SMILES string of the molecule is CCOC(=O)C=Cc1cc(F)cc(C=O)c1. The van der Waals surface area contributed by atoms with Gasteiger partial charge in [-0.3, -0.25) is 4.79 Å². The van der Waals surface area contributed by atoms with Gasteiger partial charge in [-0.1, -0.05) is 0 Å². The first-order valence-electron chi connectivity index (χ1n) is 4.76. The van der Waals surface area contributed by atoms with Crippen LogP contribution >= 0.6 is 0 Å². The van der Waals surface area contributed by atoms with Crippen LogP contribution in [0.3, 0.4) is 0 Å². The van der Waals surface area contributed by atoms with Gasteiger partial charge in [0.2, 0.25) is 0 Å². The van der Waals surface area contributed by atoms with Gasteiger partial charge in [-0.25, -0.2) is 9.18 Å². The van der Waals surface area contributed by atoms with Crippen molar-refractivity contribution in [1.29, 1.82) is 0 Å². The largest absolute Gasteiger partial charge is 0.463 e. The van der Waals surface area contributed by atoms with E-state index in [9.17, 15) is 14.0 Å². The molecule has 0 fully saturated rings. The third-order valence-corrected chi connectivity index (χ3v) is 1.78. The number of ether oxygens (including phenoxy) is 1. The lowest BCUT2D eigenvalue weighted by molar-refractivity contribution is -0.137. The Morgan fingerprint density at radius 2 is 2.06 bits per heavy atom. The number of esters is 1. The maximum absolute atomic E-state index is 13.0. The lowest BCUT2D eigenvalue weighted by Crippen LogP contribution is -1.98. The summed E-state index contributed by atoms with van der Waals surface area (Å²) in [7, 11) is 0. The van der Waals surface area contributed by atoms with Gasteiger partial charge in [-0.05, 0) is 36.8 Å². The first-order chi connectivity index (χ1) is 7.65. The molecular formula is C12H11FO3. The summed E-state index contributed by atoms with van der Waals surface area (Å²) in [5.41, 5.74) is 0.665. The second-order valence-electron chi connectivity index (χ2n) is 3.02. The van der Waals surface area contributed by atoms with Crippen LogP contribution in [0.5, 0.6) is 0 Å². The average molecular weight is 222 g/mol. The zero-order chi connectivity index (χ0) is 12.0. The second-order valence-corrected chi connectivity index (χ2v) is 3.02. The lowest BCUT2D eigenvalue weighted by Gasteiger charge is -1.97. The number of hydrogen-bond acceptors (Lipinski definition) is 3. The van der Waals surface area contributed by atoms with Crippen LogP contribution in [-0.4, -0.2) is 18.9 Å². The van der Waals surface area contributed by atoms with Gasteiger partial charge in [0.05, 0.1) is 6.61 Å². The van der Waals surface area contributed by atoms with Gasteiger partial charge in [-0.2, -0.15) is 0 Å². The Balaban J connectivity index is 2.84. The summed E-state index contributed by atoms with van der Waals surface area (Å²) in [5, 5.41) is 0. The second kappa shape index (κ2) is 5.80. The molecule has 0 radical (unpaired) electrons. The van der Waals surface area contributed by atoms with Gasteiger partial charge >= 0.3 is 5.97 Å². The first-order valence-corrected chi connectivity index (χ1v) is 4.76. The van der Waals surface area contributed by atoms with Crippen LogP contribution < -0.4 is 0 Å². The number of aldehydes is 1. The molecule has 0 unspecified atom stereocenters. The minimum absolute atomic E-state index is 0.225. The molecular weight excluding hydrogens is 211 g/mol. The maximum Gasteiger partial charge on any atom is 0.330 e. The molecule has 0 aromatic heterocycles. The van der Waals surface area contributed by atoms with Crippen LogP contribution in [-0.2, 0) is 9.53 Å². The predicted molar refractivity (Wildman–Crippen MR) is 57.5 cm³/mol. The van der Waals surface area contributed by atoms with E-state index in [2.05, 4.69) is 4.74 Å². The van der Waals surface area contributed by atoms with E-state index >= 15 is 0 Å². The van der Waals surface area contributed by atoms with E-state index in [4.69, 9.17) is 0 Å². The molecule has 1 rings (SSSR count). The highest BCUT2D eigenvalue weighted by Crippen LogP contribution is 2.09. The Morgan fingerprint density at radius 1 is 1.38 bits per heavy atom. The summed E-state index contributed by atoms with van der Waals surface area (Å²) in [6, 6.07) is 3.82. The van der Waals surface area contributed by atoms with Gasteiger partial charge in [0.15, 0.2) is 0 Å². The fourth-order valence-electron chi connectivity index (χ4n) is 1.15. The third-order valence-electron chi connectivity index (χ3n) is 1.78. The summed E-state index contributed by atoms with van der Waals surface area (Å²) in [5.74, 6) is -1.02. The normalized spacial score (nSPS) is 10.4. The van der Waals surface area contributed by atoms with Gasteiger partial charge in [-0.15, -0.1) is 0 Å². The zero-order valence-electron chi connectivity index (χ0n) is 8.77. The summed E-state index contributed by atoms with van der Waals surface area (Å²) in [6.07, 6.45) is 3.13. The van der Waals surface area contributed by atoms with Gasteiger partial charge < -0.3 is 4.74 Å². The van der Waals surface area contributed by atoms with Crippen molar-refractivity contribution in [3.63, 3.8) is 0 Å². The van der Waals surface area contributed by atoms with E-state index in [1.54, 1.807) is 6.92 Å². The molecule has 4 heteroatoms. The van der Waals surface area contributed by atoms with E-state index < -0.39 is 11.8 Å². The minimum atomic E-state index is -0.520. The van der Waals surface area contributed by atoms with Gasteiger partial charge in [0.25, 0.3) is 0 Å². The van der Waals surface area contributed by atoms with Crippen LogP contribution in [0.2, 0.25) is 0 Å². The van der Waals surface area contributed by atoms with Crippen molar-refractivity contribution in [2.24, 2.45) is 0 Å². The number of benzene rings is 1. The van der Waals surface area contributed by atoms with E-state index in [1.807, 2.05) is 0 Å². The van der Waals surface area contributed by atoms with Crippen LogP contribution in [0.4, 0.5) is 4.39 Å². The molecule has 0 bridgehead atoms. The van der Waals surface area contributed by atoms with Crippen LogP contribution in [0.15, 0.2) is 24.3 Å². The topological polar surface area (TPSA) is 43.4 Å². The third kappa shape index (κ3) is 3.65. The quantitative estimate of drug-likeness (QED) is 0.445. The van der Waals surface area contributed by atoms with E-state index in [0.29, 0.717) is 11.8 Å². The maximum atomic E-state index is 13.0. The van der Waals surface area contributed by atoms with Gasteiger partial charge in [0.1, 0.15) is 12.1 Å². The molecule has 1 aromatic carbocycles. The summed E-state index contributed by atoms with van der Waals surface area (Å²) in [4.78, 5) is 21.5. The minimum Gasteiger partial charge on any atom is -0.463 e. The van der Waals surface area contributed by atoms with Crippen LogP contribution in [0.25, 0.3) is 6.08 Å². The molecule has 84 valence electrons. The van der Waals surface area contributed by atoms with Crippen LogP contribution in [0, 0.1) is 5.82 Å². The highest BCUT2D eigenvalue weighted by molar-refractivity contribution is 5.87. The molecule has 0 atom stereocenters. The molecule has 0 amide bonds. The van der Waals surface area contributed by atoms with Crippen molar-refractivity contribution < 1.29 is 18.7 Å². The Hall–Kier alpha value is -1.97. The number of carbonyl (C=O) groups excluding carboxylic acids is 2. The number of hydrogen-bond donors (Lipinski definition) is 0. The highest BCUT2D eigenvalue weighted by atomic mass is 19.1. The predicted octanol–water partition coefficient (Wildman–Crippen LogP) is 2.21. The van der Waals surface area contributed by atoms with Crippen molar-refractivity contribution in [2.75, 3.05) is 6.61 Å². The number of rotatable bonds is 4. The van der Waals surface area contributed by atoms with Crippen LogP contribution in [0.1, 0.15) is 22.8 Å². The fraction of sp³-hybridized carbons (Fsp3) is 0.167. The highest BCUT2D eigenvalue weighted by Gasteiger charge is 1.99. The summed E-state index contributed by atoms with van der Waals surface area (Å²) < 4.78 is 17.6. The molecule has 0 N–H and O–H groups in total. The monoisotopic (exact) mass is 222 g/mol. The van der Waals surface area contributed by atoms with Gasteiger partial charge in [0, 0.05) is 11.6 Å². The average Bonchev–Trinajstić information content (AvgIpc) is 2.26. The molecule has 0 aliphatic heterocycles. The van der Waals surface area contributed by atoms with E-state index in [0.717, 1.165) is 6.07 Å². The van der Waals surface area contributed by atoms with Crippen molar-refractivity contribution in [1.82, 2.24) is 0 Å². The Morgan fingerprint density at radius 3 is 2.69 bits per heavy atom. The Labute approximate surface area is 92.5 Å². The number of halogens is 1. The lowest BCUT2D eigenvalue weighted by atomic mass is 10.1. The molecule has 1 aromatic rings. The molecule has 16 heavy (non-hydrogen) atoms. The van der Waals surface area contributed by atoms with Crippen molar-refractivity contribution in [3.8, 4) is 0 Å². The van der Waals surface area contributed by atoms with Crippen molar-refractivity contribution in [3.05, 3.63) is 41.2 Å². The molecule has 0 aliphatic rings. The Kier molecular flexibility index (Phi) is 4.39. The molecule has 0 saturated carbocycles. The zero-order valence-corrected chi connectivity index (χ0v) is 8.77. The molecule has 0 spiro atoms. The molecule has 0 heterocycles. The fourth-order valence-corrected chi connectivity index (χ4v) is 1.15. The Bertz CT molecular complexity index is 424. The summed E-state index contributed by atoms with van der Waals surface area (Å²) in [6.45, 7) is 1.98. The standard InChI is InChI=1S/C12H11FO3/c1-2-16-12(15)4-3-9-5-10(8-14)7-11(13)6-9/h3-8H,2H2,1H3.